The van der Waals surface area contributed by atoms with Crippen molar-refractivity contribution in [2.24, 2.45) is 0 Å². The van der Waals surface area contributed by atoms with E-state index in [0.717, 1.165) is 5.56 Å². The van der Waals surface area contributed by atoms with Crippen LogP contribution in [0.1, 0.15) is 39.1 Å². The van der Waals surface area contributed by atoms with Gasteiger partial charge in [0.2, 0.25) is 10.0 Å². The number of hydrogen-bond acceptors (Lipinski definition) is 4. The van der Waals surface area contributed by atoms with E-state index in [1.165, 1.54) is 18.2 Å². The smallest absolute Gasteiger partial charge is 0.258 e. The molecule has 4 rings (SSSR count). The zero-order chi connectivity index (χ0) is 25.0. The van der Waals surface area contributed by atoms with Crippen molar-refractivity contribution >= 4 is 27.5 Å². The van der Waals surface area contributed by atoms with E-state index in [1.54, 1.807) is 66.4 Å². The Labute approximate surface area is 204 Å². The molecule has 1 heterocycles. The van der Waals surface area contributed by atoms with E-state index >= 15 is 0 Å². The molecule has 2 N–H and O–H groups in total. The molecule has 0 atom stereocenters. The van der Waals surface area contributed by atoms with Crippen molar-refractivity contribution in [3.63, 3.8) is 0 Å². The van der Waals surface area contributed by atoms with Crippen LogP contribution in [0.5, 0.6) is 0 Å². The van der Waals surface area contributed by atoms with Crippen molar-refractivity contribution in [2.45, 2.75) is 30.7 Å². The summed E-state index contributed by atoms with van der Waals surface area (Å²) in [6.07, 6.45) is 0.973. The summed E-state index contributed by atoms with van der Waals surface area (Å²) < 4.78 is 41.8. The van der Waals surface area contributed by atoms with Crippen LogP contribution in [-0.4, -0.2) is 44.3 Å². The number of nitrogens with zero attached hydrogens (tertiary/aromatic N) is 1. The van der Waals surface area contributed by atoms with Crippen LogP contribution < -0.4 is 10.0 Å². The third kappa shape index (κ3) is 5.75. The summed E-state index contributed by atoms with van der Waals surface area (Å²) in [5.74, 6) is -1.43. The topological polar surface area (TPSA) is 95.6 Å². The lowest BCUT2D eigenvalue weighted by molar-refractivity contribution is 0.0711. The van der Waals surface area contributed by atoms with Crippen LogP contribution in [-0.2, 0) is 10.0 Å². The lowest BCUT2D eigenvalue weighted by Crippen LogP contribution is -2.46. The van der Waals surface area contributed by atoms with Crippen molar-refractivity contribution in [2.75, 3.05) is 18.4 Å². The highest BCUT2D eigenvalue weighted by Crippen LogP contribution is 2.22. The van der Waals surface area contributed by atoms with Gasteiger partial charge in [0.1, 0.15) is 5.82 Å². The van der Waals surface area contributed by atoms with Crippen molar-refractivity contribution in [1.29, 1.82) is 0 Å². The molecular weight excluding hydrogens is 469 g/mol. The second kappa shape index (κ2) is 10.4. The number of benzene rings is 3. The fourth-order valence-corrected chi connectivity index (χ4v) is 5.32. The molecule has 0 radical (unpaired) electrons. The number of sulfonamides is 1. The Hall–Kier alpha value is -3.56. The van der Waals surface area contributed by atoms with Gasteiger partial charge in [-0.1, -0.05) is 36.4 Å². The Morgan fingerprint density at radius 1 is 0.943 bits per heavy atom. The van der Waals surface area contributed by atoms with Crippen LogP contribution in [0, 0.1) is 12.7 Å². The van der Waals surface area contributed by atoms with E-state index in [-0.39, 0.29) is 22.4 Å². The molecule has 0 saturated carbocycles. The minimum absolute atomic E-state index is 0.0799. The average molecular weight is 496 g/mol. The molecule has 182 valence electrons. The highest BCUT2D eigenvalue weighted by Gasteiger charge is 2.27. The molecule has 2 amide bonds. The van der Waals surface area contributed by atoms with Crippen molar-refractivity contribution in [3.8, 4) is 0 Å². The number of hydrogen-bond donors (Lipinski definition) is 2. The number of halogens is 1. The van der Waals surface area contributed by atoms with Crippen LogP contribution in [0.15, 0.2) is 77.7 Å². The highest BCUT2D eigenvalue weighted by molar-refractivity contribution is 7.89. The van der Waals surface area contributed by atoms with Gasteiger partial charge >= 0.3 is 0 Å². The Bertz CT molecular complexity index is 1340. The number of carbonyl (C=O) groups excluding carboxylic acids is 2. The Morgan fingerprint density at radius 2 is 1.60 bits per heavy atom. The van der Waals surface area contributed by atoms with Gasteiger partial charge in [0.15, 0.2) is 0 Å². The largest absolute Gasteiger partial charge is 0.339 e. The summed E-state index contributed by atoms with van der Waals surface area (Å²) in [5.41, 5.74) is 1.47. The fourth-order valence-electron chi connectivity index (χ4n) is 3.99. The second-order valence-electron chi connectivity index (χ2n) is 8.46. The van der Waals surface area contributed by atoms with Crippen LogP contribution >= 0.6 is 0 Å². The Balaban J connectivity index is 1.40. The van der Waals surface area contributed by atoms with E-state index < -0.39 is 21.7 Å². The monoisotopic (exact) mass is 495 g/mol. The molecule has 0 unspecified atom stereocenters. The molecular formula is C26H26FN3O4S. The van der Waals surface area contributed by atoms with E-state index in [0.29, 0.717) is 37.2 Å². The number of carbonyl (C=O) groups is 2. The van der Waals surface area contributed by atoms with Gasteiger partial charge in [0.05, 0.1) is 10.5 Å². The number of likely N-dealkylation sites (tertiary alicyclic amines) is 1. The maximum atomic E-state index is 14.0. The molecule has 1 saturated heterocycles. The molecule has 0 aromatic heterocycles. The summed E-state index contributed by atoms with van der Waals surface area (Å²) in [6, 6.07) is 18.6. The van der Waals surface area contributed by atoms with Crippen LogP contribution in [0.3, 0.4) is 0 Å². The number of aryl methyl sites for hydroxylation is 1. The Kier molecular flexibility index (Phi) is 7.28. The van der Waals surface area contributed by atoms with Gasteiger partial charge < -0.3 is 10.2 Å². The Morgan fingerprint density at radius 3 is 2.29 bits per heavy atom. The summed E-state index contributed by atoms with van der Waals surface area (Å²) >= 11 is 0. The lowest BCUT2D eigenvalue weighted by atomic mass is 10.0. The van der Waals surface area contributed by atoms with Gasteiger partial charge in [-0.15, -0.1) is 0 Å². The second-order valence-corrected chi connectivity index (χ2v) is 10.2. The van der Waals surface area contributed by atoms with Crippen LogP contribution in [0.4, 0.5) is 10.1 Å². The molecule has 0 spiro atoms. The van der Waals surface area contributed by atoms with E-state index in [9.17, 15) is 22.4 Å². The third-order valence-electron chi connectivity index (χ3n) is 6.01. The minimum atomic E-state index is -3.62. The van der Waals surface area contributed by atoms with E-state index in [1.807, 2.05) is 0 Å². The molecule has 0 aliphatic carbocycles. The highest BCUT2D eigenvalue weighted by atomic mass is 32.2. The first-order chi connectivity index (χ1) is 16.7. The van der Waals surface area contributed by atoms with Crippen LogP contribution in [0.25, 0.3) is 0 Å². The molecule has 7 nitrogen and oxygen atoms in total. The van der Waals surface area contributed by atoms with Gasteiger partial charge in [-0.25, -0.2) is 17.5 Å². The first-order valence-corrected chi connectivity index (χ1v) is 12.8. The van der Waals surface area contributed by atoms with Crippen LogP contribution in [0.2, 0.25) is 0 Å². The van der Waals surface area contributed by atoms with Gasteiger partial charge in [-0.3, -0.25) is 9.59 Å². The molecule has 3 aromatic carbocycles. The van der Waals surface area contributed by atoms with E-state index in [2.05, 4.69) is 10.0 Å². The predicted octanol–water partition coefficient (Wildman–Crippen LogP) is 3.97. The normalized spacial score (nSPS) is 14.5. The quantitative estimate of drug-likeness (QED) is 0.541. The summed E-state index contributed by atoms with van der Waals surface area (Å²) in [4.78, 5) is 27.5. The molecule has 1 fully saturated rings. The minimum Gasteiger partial charge on any atom is -0.339 e. The summed E-state index contributed by atoms with van der Waals surface area (Å²) in [5, 5.41) is 2.69. The summed E-state index contributed by atoms with van der Waals surface area (Å²) in [7, 11) is -3.62. The fraction of sp³-hybridized carbons (Fsp3) is 0.231. The molecule has 3 aromatic rings. The molecule has 1 aliphatic heterocycles. The lowest BCUT2D eigenvalue weighted by Gasteiger charge is -2.32. The first-order valence-electron chi connectivity index (χ1n) is 11.3. The van der Waals surface area contributed by atoms with Gasteiger partial charge in [-0.2, -0.15) is 0 Å². The predicted molar refractivity (Wildman–Crippen MR) is 131 cm³/mol. The average Bonchev–Trinajstić information content (AvgIpc) is 2.86. The molecule has 0 bridgehead atoms. The maximum Gasteiger partial charge on any atom is 0.258 e. The molecule has 9 heteroatoms. The number of amides is 2. The number of anilines is 1. The van der Waals surface area contributed by atoms with E-state index in [4.69, 9.17) is 0 Å². The van der Waals surface area contributed by atoms with Gasteiger partial charge in [-0.05, 0) is 61.7 Å². The molecule has 35 heavy (non-hydrogen) atoms. The number of nitrogens with one attached hydrogen (secondary N) is 2. The van der Waals surface area contributed by atoms with Crippen molar-refractivity contribution in [1.82, 2.24) is 9.62 Å². The first kappa shape index (κ1) is 24.6. The molecule has 1 aliphatic rings. The standard InChI is InChI=1S/C26H26FN3O4S/c1-18-11-12-19(17-24(18)28-25(31)22-9-5-6-10-23(22)27)26(32)30-15-13-20(14-16-30)29-35(33,34)21-7-3-2-4-8-21/h2-12,17,20,29H,13-16H2,1H3,(H,28,31). The van der Waals surface area contributed by atoms with Crippen molar-refractivity contribution in [3.05, 3.63) is 95.3 Å². The van der Waals surface area contributed by atoms with Crippen molar-refractivity contribution < 1.29 is 22.4 Å². The zero-order valence-corrected chi connectivity index (χ0v) is 20.0. The number of rotatable bonds is 6. The van der Waals surface area contributed by atoms with Gasteiger partial charge in [0.25, 0.3) is 11.8 Å². The maximum absolute atomic E-state index is 14.0. The number of piperidine rings is 1. The SMILES string of the molecule is Cc1ccc(C(=O)N2CCC(NS(=O)(=O)c3ccccc3)CC2)cc1NC(=O)c1ccccc1F. The van der Waals surface area contributed by atoms with Gasteiger partial charge in [0, 0.05) is 30.4 Å². The summed E-state index contributed by atoms with van der Waals surface area (Å²) in [6.45, 7) is 2.58. The zero-order valence-electron chi connectivity index (χ0n) is 19.2. The third-order valence-corrected chi connectivity index (χ3v) is 7.55.